The molecule has 1 aliphatic heterocycles. The zero-order valence-electron chi connectivity index (χ0n) is 13.1. The molecule has 0 bridgehead atoms. The van der Waals surface area contributed by atoms with Crippen molar-refractivity contribution in [1.82, 2.24) is 24.6 Å². The summed E-state index contributed by atoms with van der Waals surface area (Å²) in [6.07, 6.45) is 4.86. The van der Waals surface area contributed by atoms with E-state index in [0.29, 0.717) is 24.0 Å². The number of nitrogens with zero attached hydrogens (tertiary/aromatic N) is 5. The molecule has 0 aliphatic carbocycles. The maximum absolute atomic E-state index is 5.99. The van der Waals surface area contributed by atoms with Crippen LogP contribution in [0.2, 0.25) is 0 Å². The first-order chi connectivity index (χ1) is 12.4. The molecule has 122 valence electrons. The van der Waals surface area contributed by atoms with Gasteiger partial charge in [0.05, 0.1) is 5.69 Å². The largest absolute Gasteiger partial charge is 0.485 e. The van der Waals surface area contributed by atoms with E-state index >= 15 is 0 Å². The molecule has 25 heavy (non-hydrogen) atoms. The van der Waals surface area contributed by atoms with Crippen LogP contribution in [-0.4, -0.2) is 31.2 Å². The van der Waals surface area contributed by atoms with Gasteiger partial charge in [-0.15, -0.1) is 5.10 Å². The Morgan fingerprint density at radius 2 is 1.92 bits per heavy atom. The highest BCUT2D eigenvalue weighted by atomic mass is 16.6. The van der Waals surface area contributed by atoms with E-state index in [0.717, 1.165) is 17.0 Å². The predicted octanol–water partition coefficient (Wildman–Crippen LogP) is 2.70. The Morgan fingerprint density at radius 1 is 1.00 bits per heavy atom. The Kier molecular flexibility index (Phi) is 3.09. The van der Waals surface area contributed by atoms with Crippen molar-refractivity contribution in [3.05, 3.63) is 66.9 Å². The third-order valence-electron chi connectivity index (χ3n) is 4.01. The van der Waals surface area contributed by atoms with Gasteiger partial charge in [0.25, 0.3) is 5.78 Å². The number of ether oxygens (including phenoxy) is 2. The van der Waals surface area contributed by atoms with E-state index in [9.17, 15) is 0 Å². The second-order valence-corrected chi connectivity index (χ2v) is 5.62. The van der Waals surface area contributed by atoms with Gasteiger partial charge < -0.3 is 9.47 Å². The molecule has 0 fully saturated rings. The van der Waals surface area contributed by atoms with E-state index in [2.05, 4.69) is 20.1 Å². The fourth-order valence-electron chi connectivity index (χ4n) is 2.83. The molecule has 0 saturated carbocycles. The van der Waals surface area contributed by atoms with Gasteiger partial charge in [0.2, 0.25) is 0 Å². The molecule has 3 aromatic heterocycles. The highest BCUT2D eigenvalue weighted by Gasteiger charge is 2.26. The smallest absolute Gasteiger partial charge is 0.253 e. The number of aromatic nitrogens is 5. The van der Waals surface area contributed by atoms with Crippen molar-refractivity contribution in [3.63, 3.8) is 0 Å². The third-order valence-corrected chi connectivity index (χ3v) is 4.01. The molecule has 1 aromatic carbocycles. The second-order valence-electron chi connectivity index (χ2n) is 5.62. The third kappa shape index (κ3) is 2.37. The summed E-state index contributed by atoms with van der Waals surface area (Å²) in [5.41, 5.74) is 1.81. The molecule has 0 spiro atoms. The number of rotatable bonds is 2. The lowest BCUT2D eigenvalue weighted by atomic mass is 10.2. The van der Waals surface area contributed by atoms with Crippen LogP contribution >= 0.6 is 0 Å². The van der Waals surface area contributed by atoms with Gasteiger partial charge >= 0.3 is 0 Å². The Hall–Kier alpha value is -3.48. The molecule has 4 aromatic rings. The number of hydrogen-bond acceptors (Lipinski definition) is 6. The lowest BCUT2D eigenvalue weighted by Gasteiger charge is -2.24. The number of benzene rings is 1. The van der Waals surface area contributed by atoms with Crippen LogP contribution in [0.5, 0.6) is 11.5 Å². The van der Waals surface area contributed by atoms with Crippen LogP contribution in [0.25, 0.3) is 17.0 Å². The van der Waals surface area contributed by atoms with Crippen molar-refractivity contribution in [2.45, 2.75) is 6.10 Å². The van der Waals surface area contributed by atoms with Crippen LogP contribution in [0, 0.1) is 0 Å². The van der Waals surface area contributed by atoms with Crippen molar-refractivity contribution in [2.75, 3.05) is 6.61 Å². The summed E-state index contributed by atoms with van der Waals surface area (Å²) in [6, 6.07) is 13.3. The quantitative estimate of drug-likeness (QED) is 0.562. The average Bonchev–Trinajstić information content (AvgIpc) is 3.12. The van der Waals surface area contributed by atoms with E-state index in [1.54, 1.807) is 23.1 Å². The molecule has 0 saturated heterocycles. The number of hydrogen-bond donors (Lipinski definition) is 0. The summed E-state index contributed by atoms with van der Waals surface area (Å²) in [7, 11) is 0. The minimum atomic E-state index is -0.377. The number of para-hydroxylation sites is 2. The molecule has 7 nitrogen and oxygen atoms in total. The lowest BCUT2D eigenvalue weighted by Crippen LogP contribution is -2.22. The molecule has 1 atom stereocenters. The van der Waals surface area contributed by atoms with E-state index in [1.807, 2.05) is 42.5 Å². The van der Waals surface area contributed by atoms with Gasteiger partial charge in [0.1, 0.15) is 6.61 Å². The molecule has 0 unspecified atom stereocenters. The van der Waals surface area contributed by atoms with Gasteiger partial charge in [-0.1, -0.05) is 12.1 Å². The van der Waals surface area contributed by atoms with E-state index < -0.39 is 0 Å². The van der Waals surface area contributed by atoms with Crippen LogP contribution in [0.4, 0.5) is 0 Å². The molecule has 1 aliphatic rings. The molecule has 0 N–H and O–H groups in total. The Labute approximate surface area is 142 Å². The van der Waals surface area contributed by atoms with Crippen molar-refractivity contribution >= 4 is 5.78 Å². The summed E-state index contributed by atoms with van der Waals surface area (Å²) in [6.45, 7) is 0.357. The van der Waals surface area contributed by atoms with Crippen LogP contribution in [0.3, 0.4) is 0 Å². The van der Waals surface area contributed by atoms with Crippen molar-refractivity contribution in [2.24, 2.45) is 0 Å². The summed E-state index contributed by atoms with van der Waals surface area (Å²) < 4.78 is 13.5. The fourth-order valence-corrected chi connectivity index (χ4v) is 2.83. The van der Waals surface area contributed by atoms with Crippen LogP contribution in [0.1, 0.15) is 11.9 Å². The Bertz CT molecular complexity index is 1050. The van der Waals surface area contributed by atoms with Crippen LogP contribution in [-0.2, 0) is 0 Å². The highest BCUT2D eigenvalue weighted by Crippen LogP contribution is 2.35. The summed E-state index contributed by atoms with van der Waals surface area (Å²) in [4.78, 5) is 13.0. The first kappa shape index (κ1) is 13.9. The highest BCUT2D eigenvalue weighted by molar-refractivity contribution is 5.60. The fraction of sp³-hybridized carbons (Fsp3) is 0.111. The van der Waals surface area contributed by atoms with E-state index in [1.165, 1.54) is 0 Å². The van der Waals surface area contributed by atoms with Gasteiger partial charge in [-0.05, 0) is 30.3 Å². The van der Waals surface area contributed by atoms with Gasteiger partial charge in [0, 0.05) is 24.2 Å². The van der Waals surface area contributed by atoms with Crippen molar-refractivity contribution in [1.29, 1.82) is 0 Å². The normalized spacial score (nSPS) is 16.1. The molecule has 0 amide bonds. The Balaban J connectivity index is 1.56. The molecular weight excluding hydrogens is 318 g/mol. The van der Waals surface area contributed by atoms with E-state index in [-0.39, 0.29) is 6.10 Å². The van der Waals surface area contributed by atoms with Gasteiger partial charge in [-0.2, -0.15) is 9.50 Å². The standard InChI is InChI=1S/C18H13N5O2/c1-2-6-15-14(5-1)24-11-16(25-15)17-21-18-20-9-7-13(23(18)22-17)12-4-3-8-19-10-12/h1-10,16H,11H2/t16-/m1/s1. The molecule has 7 heteroatoms. The zero-order chi connectivity index (χ0) is 16.6. The minimum absolute atomic E-state index is 0.357. The maximum atomic E-state index is 5.99. The van der Waals surface area contributed by atoms with Crippen molar-refractivity contribution < 1.29 is 9.47 Å². The molecule has 0 radical (unpaired) electrons. The van der Waals surface area contributed by atoms with Gasteiger partial charge in [0.15, 0.2) is 23.4 Å². The van der Waals surface area contributed by atoms with Crippen molar-refractivity contribution in [3.8, 4) is 22.8 Å². The Morgan fingerprint density at radius 3 is 2.80 bits per heavy atom. The topological polar surface area (TPSA) is 74.4 Å². The van der Waals surface area contributed by atoms with Gasteiger partial charge in [-0.25, -0.2) is 4.98 Å². The van der Waals surface area contributed by atoms with Crippen LogP contribution < -0.4 is 9.47 Å². The maximum Gasteiger partial charge on any atom is 0.253 e. The lowest BCUT2D eigenvalue weighted by molar-refractivity contribution is 0.0852. The molecule has 4 heterocycles. The van der Waals surface area contributed by atoms with E-state index in [4.69, 9.17) is 9.47 Å². The molecule has 5 rings (SSSR count). The summed E-state index contributed by atoms with van der Waals surface area (Å²) >= 11 is 0. The first-order valence-corrected chi connectivity index (χ1v) is 7.89. The summed E-state index contributed by atoms with van der Waals surface area (Å²) in [5, 5.41) is 4.60. The van der Waals surface area contributed by atoms with Gasteiger partial charge in [-0.3, -0.25) is 4.98 Å². The molecular formula is C18H13N5O2. The van der Waals surface area contributed by atoms with Crippen LogP contribution in [0.15, 0.2) is 61.1 Å². The minimum Gasteiger partial charge on any atom is -0.485 e. The zero-order valence-corrected chi connectivity index (χ0v) is 13.1. The average molecular weight is 331 g/mol. The second kappa shape index (κ2) is 5.55. The first-order valence-electron chi connectivity index (χ1n) is 7.89. The predicted molar refractivity (Wildman–Crippen MR) is 89.3 cm³/mol. The number of pyridine rings is 1. The SMILES string of the molecule is c1cncc(-c2ccnc3nc([C@H]4COc5ccccc5O4)nn23)c1. The summed E-state index contributed by atoms with van der Waals surface area (Å²) in [5.74, 6) is 2.48. The number of fused-ring (bicyclic) bond motifs is 2. The monoisotopic (exact) mass is 331 g/mol.